The van der Waals surface area contributed by atoms with Gasteiger partial charge in [0, 0.05) is 32.6 Å². The Labute approximate surface area is 209 Å². The maximum Gasteiger partial charge on any atom is 0.242 e. The fraction of sp³-hybridized carbons (Fsp3) is 0.462. The van der Waals surface area contributed by atoms with Crippen LogP contribution in [0, 0.1) is 0 Å². The standard InChI is InChI=1S/C26H37N3O5S/c1-6-20(2)27-26(31)21(3)29(19-22-12-10-13-23(18-22)34-5)25(30)16-11-17-28(4)35(32,33)24-14-8-7-9-15-24/h7-10,12-15,18,20-21H,6,11,16-17,19H2,1-5H3,(H,27,31)/t20-,21-/m0/s1. The number of sulfonamides is 1. The smallest absolute Gasteiger partial charge is 0.242 e. The topological polar surface area (TPSA) is 96.0 Å². The molecule has 9 heteroatoms. The number of hydrogen-bond acceptors (Lipinski definition) is 5. The van der Waals surface area contributed by atoms with Gasteiger partial charge < -0.3 is 15.0 Å². The van der Waals surface area contributed by atoms with Crippen LogP contribution < -0.4 is 10.1 Å². The first-order valence-corrected chi connectivity index (χ1v) is 13.3. The van der Waals surface area contributed by atoms with Crippen LogP contribution in [0.3, 0.4) is 0 Å². The first kappa shape index (κ1) is 28.3. The fourth-order valence-corrected chi connectivity index (χ4v) is 4.74. The lowest BCUT2D eigenvalue weighted by molar-refractivity contribution is -0.141. The number of benzene rings is 2. The minimum absolute atomic E-state index is 0.00411. The molecule has 8 nitrogen and oxygen atoms in total. The summed E-state index contributed by atoms with van der Waals surface area (Å²) in [6.45, 7) is 6.03. The van der Waals surface area contributed by atoms with Crippen LogP contribution in [0.5, 0.6) is 5.75 Å². The van der Waals surface area contributed by atoms with E-state index >= 15 is 0 Å². The van der Waals surface area contributed by atoms with Crippen LogP contribution in [0.25, 0.3) is 0 Å². The molecule has 2 aromatic rings. The van der Waals surface area contributed by atoms with Gasteiger partial charge in [-0.15, -0.1) is 0 Å². The molecular weight excluding hydrogens is 466 g/mol. The Kier molecular flexibility index (Phi) is 10.7. The summed E-state index contributed by atoms with van der Waals surface area (Å²) in [6, 6.07) is 14.9. The normalized spacial score (nSPS) is 13.2. The van der Waals surface area contributed by atoms with Crippen molar-refractivity contribution in [3.05, 3.63) is 60.2 Å². The van der Waals surface area contributed by atoms with Gasteiger partial charge in [0.15, 0.2) is 0 Å². The molecule has 35 heavy (non-hydrogen) atoms. The quantitative estimate of drug-likeness (QED) is 0.452. The molecule has 192 valence electrons. The summed E-state index contributed by atoms with van der Waals surface area (Å²) in [5.74, 6) is 0.226. The molecule has 0 saturated carbocycles. The summed E-state index contributed by atoms with van der Waals surface area (Å²) in [5.41, 5.74) is 0.838. The summed E-state index contributed by atoms with van der Waals surface area (Å²) in [5, 5.41) is 2.94. The van der Waals surface area contributed by atoms with E-state index in [0.717, 1.165) is 12.0 Å². The van der Waals surface area contributed by atoms with E-state index < -0.39 is 16.1 Å². The maximum absolute atomic E-state index is 13.3. The van der Waals surface area contributed by atoms with Crippen LogP contribution in [-0.2, 0) is 26.2 Å². The average Bonchev–Trinajstić information content (AvgIpc) is 2.87. The molecule has 0 saturated heterocycles. The molecule has 0 aromatic heterocycles. The molecule has 0 unspecified atom stereocenters. The van der Waals surface area contributed by atoms with Gasteiger partial charge in [0.05, 0.1) is 12.0 Å². The minimum atomic E-state index is -3.63. The molecule has 0 aliphatic heterocycles. The van der Waals surface area contributed by atoms with Gasteiger partial charge in [-0.1, -0.05) is 37.3 Å². The average molecular weight is 504 g/mol. The van der Waals surface area contributed by atoms with E-state index in [1.807, 2.05) is 38.1 Å². The number of amides is 2. The van der Waals surface area contributed by atoms with Crippen molar-refractivity contribution >= 4 is 21.8 Å². The van der Waals surface area contributed by atoms with Crippen LogP contribution in [0.2, 0.25) is 0 Å². The van der Waals surface area contributed by atoms with E-state index in [2.05, 4.69) is 5.32 Å². The lowest BCUT2D eigenvalue weighted by atomic mass is 10.1. The van der Waals surface area contributed by atoms with E-state index in [1.165, 1.54) is 16.3 Å². The van der Waals surface area contributed by atoms with E-state index in [4.69, 9.17) is 4.74 Å². The van der Waals surface area contributed by atoms with E-state index in [1.54, 1.807) is 44.4 Å². The van der Waals surface area contributed by atoms with Crippen molar-refractivity contribution in [2.45, 2.75) is 63.6 Å². The molecular formula is C26H37N3O5S. The lowest BCUT2D eigenvalue weighted by Crippen LogP contribution is -2.49. The van der Waals surface area contributed by atoms with Crippen molar-refractivity contribution in [3.8, 4) is 5.75 Å². The Morgan fingerprint density at radius 1 is 1.06 bits per heavy atom. The Hall–Kier alpha value is -2.91. The zero-order chi connectivity index (χ0) is 26.0. The predicted octanol–water partition coefficient (Wildman–Crippen LogP) is 3.43. The SMILES string of the molecule is CC[C@H](C)NC(=O)[C@H](C)N(Cc1cccc(OC)c1)C(=O)CCCN(C)S(=O)(=O)c1ccccc1. The summed E-state index contributed by atoms with van der Waals surface area (Å²) < 4.78 is 32.0. The molecule has 2 rings (SSSR count). The highest BCUT2D eigenvalue weighted by atomic mass is 32.2. The zero-order valence-electron chi connectivity index (χ0n) is 21.2. The second-order valence-corrected chi connectivity index (χ2v) is 10.7. The molecule has 1 N–H and O–H groups in total. The van der Waals surface area contributed by atoms with Gasteiger partial charge in [-0.25, -0.2) is 12.7 Å². The highest BCUT2D eigenvalue weighted by Crippen LogP contribution is 2.18. The van der Waals surface area contributed by atoms with E-state index in [-0.39, 0.29) is 42.3 Å². The number of rotatable bonds is 13. The third-order valence-corrected chi connectivity index (χ3v) is 7.84. The molecule has 0 fully saturated rings. The Morgan fingerprint density at radius 2 is 1.74 bits per heavy atom. The van der Waals surface area contributed by atoms with E-state index in [0.29, 0.717) is 12.2 Å². The van der Waals surface area contributed by atoms with Crippen molar-refractivity contribution in [3.63, 3.8) is 0 Å². The van der Waals surface area contributed by atoms with E-state index in [9.17, 15) is 18.0 Å². The third kappa shape index (κ3) is 8.07. The van der Waals surface area contributed by atoms with Crippen LogP contribution in [0.15, 0.2) is 59.5 Å². The highest BCUT2D eigenvalue weighted by molar-refractivity contribution is 7.89. The summed E-state index contributed by atoms with van der Waals surface area (Å²) >= 11 is 0. The summed E-state index contributed by atoms with van der Waals surface area (Å²) in [6.07, 6.45) is 1.22. The second-order valence-electron chi connectivity index (χ2n) is 8.61. The molecule has 2 aromatic carbocycles. The fourth-order valence-electron chi connectivity index (χ4n) is 3.50. The van der Waals surface area contributed by atoms with Crippen molar-refractivity contribution in [2.24, 2.45) is 0 Å². The van der Waals surface area contributed by atoms with Gasteiger partial charge in [-0.05, 0) is 56.5 Å². The van der Waals surface area contributed by atoms with Crippen LogP contribution >= 0.6 is 0 Å². The number of nitrogens with zero attached hydrogens (tertiary/aromatic N) is 2. The van der Waals surface area contributed by atoms with Crippen LogP contribution in [-0.4, -0.2) is 62.2 Å². The lowest BCUT2D eigenvalue weighted by Gasteiger charge is -2.30. The summed E-state index contributed by atoms with van der Waals surface area (Å²) in [7, 11) is -0.553. The summed E-state index contributed by atoms with van der Waals surface area (Å²) in [4.78, 5) is 27.8. The van der Waals surface area contributed by atoms with Gasteiger partial charge >= 0.3 is 0 Å². The second kappa shape index (κ2) is 13.3. The zero-order valence-corrected chi connectivity index (χ0v) is 22.0. The molecule has 0 aliphatic rings. The first-order chi connectivity index (χ1) is 16.6. The van der Waals surface area contributed by atoms with Gasteiger partial charge in [-0.2, -0.15) is 0 Å². The molecule has 0 aliphatic carbocycles. The highest BCUT2D eigenvalue weighted by Gasteiger charge is 2.27. The van der Waals surface area contributed by atoms with Crippen molar-refractivity contribution < 1.29 is 22.7 Å². The Balaban J connectivity index is 2.11. The molecule has 0 spiro atoms. The number of methoxy groups -OCH3 is 1. The largest absolute Gasteiger partial charge is 0.497 e. The Bertz CT molecular complexity index is 1080. The first-order valence-electron chi connectivity index (χ1n) is 11.8. The molecule has 2 amide bonds. The van der Waals surface area contributed by atoms with Crippen LogP contribution in [0.4, 0.5) is 0 Å². The molecule has 0 heterocycles. The van der Waals surface area contributed by atoms with Gasteiger partial charge in [0.2, 0.25) is 21.8 Å². The molecule has 2 atom stereocenters. The Morgan fingerprint density at radius 3 is 2.37 bits per heavy atom. The van der Waals surface area contributed by atoms with Crippen molar-refractivity contribution in [2.75, 3.05) is 20.7 Å². The number of carbonyl (C=O) groups excluding carboxylic acids is 2. The minimum Gasteiger partial charge on any atom is -0.497 e. The monoisotopic (exact) mass is 503 g/mol. The molecule has 0 radical (unpaired) electrons. The van der Waals surface area contributed by atoms with Crippen molar-refractivity contribution in [1.29, 1.82) is 0 Å². The number of carbonyl (C=O) groups is 2. The maximum atomic E-state index is 13.3. The predicted molar refractivity (Wildman–Crippen MR) is 136 cm³/mol. The van der Waals surface area contributed by atoms with Crippen molar-refractivity contribution in [1.82, 2.24) is 14.5 Å². The van der Waals surface area contributed by atoms with Gasteiger partial charge in [-0.3, -0.25) is 9.59 Å². The van der Waals surface area contributed by atoms with Gasteiger partial charge in [0.1, 0.15) is 11.8 Å². The van der Waals surface area contributed by atoms with Gasteiger partial charge in [0.25, 0.3) is 0 Å². The number of hydrogen-bond donors (Lipinski definition) is 1. The third-order valence-electron chi connectivity index (χ3n) is 5.97. The molecule has 0 bridgehead atoms. The number of ether oxygens (including phenoxy) is 1. The van der Waals surface area contributed by atoms with Crippen LogP contribution in [0.1, 0.15) is 45.6 Å². The number of nitrogens with one attached hydrogen (secondary N) is 1.